The van der Waals surface area contributed by atoms with Crippen molar-refractivity contribution in [3.8, 4) is 11.9 Å². The molecule has 1 aromatic carbocycles. The van der Waals surface area contributed by atoms with Crippen LogP contribution >= 0.6 is 11.8 Å². The van der Waals surface area contributed by atoms with Gasteiger partial charge in [-0.15, -0.1) is 11.8 Å². The van der Waals surface area contributed by atoms with Crippen molar-refractivity contribution < 1.29 is 4.74 Å². The Bertz CT molecular complexity index is 894. The van der Waals surface area contributed by atoms with Gasteiger partial charge in [-0.2, -0.15) is 10.2 Å². The summed E-state index contributed by atoms with van der Waals surface area (Å²) >= 11 is 1.62. The molecule has 0 radical (unpaired) electrons. The van der Waals surface area contributed by atoms with E-state index in [9.17, 15) is 10.1 Å². The number of benzene rings is 1. The predicted octanol–water partition coefficient (Wildman–Crippen LogP) is 2.02. The maximum Gasteiger partial charge on any atom is 0.258 e. The van der Waals surface area contributed by atoms with Crippen LogP contribution < -0.4 is 16.0 Å². The molecule has 1 aliphatic rings. The Morgan fingerprint density at radius 3 is 2.70 bits per heavy atom. The first-order chi connectivity index (χ1) is 11.0. The second-order valence-corrected chi connectivity index (χ2v) is 5.95. The molecule has 3 N–H and O–H groups in total. The minimum Gasteiger partial charge on any atom is -0.422 e. The number of fused-ring (bicyclic) bond motifs is 1. The number of hydrogen-bond acceptors (Lipinski definition) is 6. The van der Waals surface area contributed by atoms with Crippen molar-refractivity contribution in [1.82, 2.24) is 9.97 Å². The standard InChI is InChI=1S/C16H14N4O2S/c1-8-19-15(21)13-12(9-3-5-10(23-2)6-4-9)11(7-17)14(18)22-16(13)20-8/h3-6,12H,18H2,1-2H3,(H,19,20,21)/t12-/m1/s1. The zero-order chi connectivity index (χ0) is 16.6. The molecular formula is C16H14N4O2S. The molecule has 23 heavy (non-hydrogen) atoms. The topological polar surface area (TPSA) is 105 Å². The average molecular weight is 326 g/mol. The van der Waals surface area contributed by atoms with Crippen LogP contribution in [-0.4, -0.2) is 16.2 Å². The number of nitrogens with one attached hydrogen (secondary N) is 1. The van der Waals surface area contributed by atoms with Crippen LogP contribution in [0.2, 0.25) is 0 Å². The number of rotatable bonds is 2. The van der Waals surface area contributed by atoms with Crippen LogP contribution in [-0.2, 0) is 0 Å². The smallest absolute Gasteiger partial charge is 0.258 e. The van der Waals surface area contributed by atoms with Crippen molar-refractivity contribution >= 4 is 11.8 Å². The molecule has 2 aromatic rings. The van der Waals surface area contributed by atoms with Crippen molar-refractivity contribution in [1.29, 1.82) is 5.26 Å². The molecule has 0 saturated carbocycles. The fourth-order valence-electron chi connectivity index (χ4n) is 2.60. The van der Waals surface area contributed by atoms with Crippen LogP contribution in [0.5, 0.6) is 5.88 Å². The van der Waals surface area contributed by atoms with E-state index >= 15 is 0 Å². The van der Waals surface area contributed by atoms with Crippen molar-refractivity contribution in [3.63, 3.8) is 0 Å². The number of allylic oxidation sites excluding steroid dienone is 1. The Labute approximate surface area is 137 Å². The highest BCUT2D eigenvalue weighted by molar-refractivity contribution is 7.98. The van der Waals surface area contributed by atoms with E-state index in [0.717, 1.165) is 10.5 Å². The van der Waals surface area contributed by atoms with Gasteiger partial charge >= 0.3 is 0 Å². The molecule has 3 rings (SSSR count). The highest BCUT2D eigenvalue weighted by Crippen LogP contribution is 2.39. The Balaban J connectivity index is 2.24. The van der Waals surface area contributed by atoms with Crippen LogP contribution in [0.1, 0.15) is 22.9 Å². The monoisotopic (exact) mass is 326 g/mol. The molecular weight excluding hydrogens is 312 g/mol. The Morgan fingerprint density at radius 2 is 2.09 bits per heavy atom. The van der Waals surface area contributed by atoms with Crippen molar-refractivity contribution in [2.75, 3.05) is 6.26 Å². The number of thioether (sulfide) groups is 1. The summed E-state index contributed by atoms with van der Waals surface area (Å²) in [5, 5.41) is 9.46. The van der Waals surface area contributed by atoms with E-state index in [1.54, 1.807) is 18.7 Å². The van der Waals surface area contributed by atoms with E-state index in [-0.39, 0.29) is 22.9 Å². The molecule has 0 bridgehead atoms. The zero-order valence-electron chi connectivity index (χ0n) is 12.6. The number of H-pyrrole nitrogens is 1. The number of ether oxygens (including phenoxy) is 1. The van der Waals surface area contributed by atoms with Gasteiger partial charge in [-0.25, -0.2) is 0 Å². The first-order valence-electron chi connectivity index (χ1n) is 6.87. The maximum atomic E-state index is 12.4. The number of nitrogens with two attached hydrogens (primary N) is 1. The number of aromatic nitrogens is 2. The fraction of sp³-hybridized carbons (Fsp3) is 0.188. The number of aromatic amines is 1. The van der Waals surface area contributed by atoms with Crippen molar-refractivity contribution in [2.45, 2.75) is 17.7 Å². The lowest BCUT2D eigenvalue weighted by Gasteiger charge is -2.24. The summed E-state index contributed by atoms with van der Waals surface area (Å²) in [4.78, 5) is 20.4. The van der Waals surface area contributed by atoms with Gasteiger partial charge in [0.15, 0.2) is 0 Å². The lowest BCUT2D eigenvalue weighted by atomic mass is 9.85. The normalized spacial score (nSPS) is 16.5. The third-order valence-corrected chi connectivity index (χ3v) is 4.40. The first kappa shape index (κ1) is 15.2. The highest BCUT2D eigenvalue weighted by Gasteiger charge is 2.34. The Morgan fingerprint density at radius 1 is 1.39 bits per heavy atom. The molecule has 116 valence electrons. The van der Waals surface area contributed by atoms with E-state index in [4.69, 9.17) is 10.5 Å². The third-order valence-electron chi connectivity index (χ3n) is 3.66. The van der Waals surface area contributed by atoms with Crippen LogP contribution in [0.3, 0.4) is 0 Å². The van der Waals surface area contributed by atoms with Crippen LogP contribution in [0.15, 0.2) is 45.4 Å². The second-order valence-electron chi connectivity index (χ2n) is 5.07. The molecule has 1 atom stereocenters. The zero-order valence-corrected chi connectivity index (χ0v) is 13.4. The van der Waals surface area contributed by atoms with Gasteiger partial charge in [-0.05, 0) is 30.9 Å². The van der Waals surface area contributed by atoms with Crippen molar-refractivity contribution in [3.05, 3.63) is 63.0 Å². The molecule has 0 amide bonds. The summed E-state index contributed by atoms with van der Waals surface area (Å²) in [5.74, 6) is -0.0203. The van der Waals surface area contributed by atoms with E-state index in [2.05, 4.69) is 16.0 Å². The summed E-state index contributed by atoms with van der Waals surface area (Å²) in [6, 6.07) is 9.71. The lowest BCUT2D eigenvalue weighted by Crippen LogP contribution is -2.29. The summed E-state index contributed by atoms with van der Waals surface area (Å²) in [5.41, 5.74) is 6.85. The minimum atomic E-state index is -0.587. The lowest BCUT2D eigenvalue weighted by molar-refractivity contribution is 0.373. The summed E-state index contributed by atoms with van der Waals surface area (Å²) in [6.45, 7) is 1.66. The first-order valence-corrected chi connectivity index (χ1v) is 8.10. The highest BCUT2D eigenvalue weighted by atomic mass is 32.2. The van der Waals surface area contributed by atoms with Crippen LogP contribution in [0.4, 0.5) is 0 Å². The van der Waals surface area contributed by atoms with Gasteiger partial charge in [-0.1, -0.05) is 12.1 Å². The van der Waals surface area contributed by atoms with Crippen LogP contribution in [0, 0.1) is 18.3 Å². The predicted molar refractivity (Wildman–Crippen MR) is 87.1 cm³/mol. The average Bonchev–Trinajstić information content (AvgIpc) is 2.53. The van der Waals surface area contributed by atoms with E-state index < -0.39 is 5.92 Å². The molecule has 1 aromatic heterocycles. The molecule has 1 aliphatic heterocycles. The van der Waals surface area contributed by atoms with Gasteiger partial charge in [-0.3, -0.25) is 4.79 Å². The molecule has 6 nitrogen and oxygen atoms in total. The third kappa shape index (κ3) is 2.58. The van der Waals surface area contributed by atoms with E-state index in [1.165, 1.54) is 0 Å². The van der Waals surface area contributed by atoms with Gasteiger partial charge in [0, 0.05) is 4.90 Å². The summed E-state index contributed by atoms with van der Waals surface area (Å²) in [7, 11) is 0. The quantitative estimate of drug-likeness (QED) is 0.818. The minimum absolute atomic E-state index is 0.0172. The molecule has 0 fully saturated rings. The number of nitrogens with zero attached hydrogens (tertiary/aromatic N) is 2. The fourth-order valence-corrected chi connectivity index (χ4v) is 3.00. The number of hydrogen-bond donors (Lipinski definition) is 2. The van der Waals surface area contributed by atoms with Crippen molar-refractivity contribution in [2.24, 2.45) is 5.73 Å². The molecule has 2 heterocycles. The molecule has 0 spiro atoms. The summed E-state index contributed by atoms with van der Waals surface area (Å²) in [6.07, 6.45) is 1.98. The van der Waals surface area contributed by atoms with Gasteiger partial charge in [0.25, 0.3) is 5.56 Å². The largest absolute Gasteiger partial charge is 0.422 e. The van der Waals surface area contributed by atoms with Gasteiger partial charge in [0.1, 0.15) is 17.5 Å². The SMILES string of the molecule is CSc1ccc([C@@H]2C(C#N)=C(N)Oc3nc(C)[nH]c(=O)c32)cc1. The molecule has 0 saturated heterocycles. The summed E-state index contributed by atoms with van der Waals surface area (Å²) < 4.78 is 5.39. The second kappa shape index (κ2) is 5.82. The van der Waals surface area contributed by atoms with Gasteiger partial charge < -0.3 is 15.5 Å². The number of nitriles is 1. The molecule has 0 aliphatic carbocycles. The molecule has 0 unspecified atom stereocenters. The molecule has 7 heteroatoms. The Kier molecular flexibility index (Phi) is 3.84. The van der Waals surface area contributed by atoms with Gasteiger partial charge in [0.05, 0.1) is 11.5 Å². The van der Waals surface area contributed by atoms with E-state index in [0.29, 0.717) is 11.4 Å². The Hall–Kier alpha value is -2.72. The van der Waals surface area contributed by atoms with Gasteiger partial charge in [0.2, 0.25) is 11.8 Å². The maximum absolute atomic E-state index is 12.4. The number of aryl methyl sites for hydroxylation is 1. The van der Waals surface area contributed by atoms with Crippen LogP contribution in [0.25, 0.3) is 0 Å². The van der Waals surface area contributed by atoms with E-state index in [1.807, 2.05) is 30.5 Å².